The first-order chi connectivity index (χ1) is 20.9. The van der Waals surface area contributed by atoms with Crippen molar-refractivity contribution >= 4 is 11.8 Å². The quantitative estimate of drug-likeness (QED) is 0.482. The van der Waals surface area contributed by atoms with E-state index >= 15 is 0 Å². The maximum absolute atomic E-state index is 14.6. The molecular weight excluding hydrogens is 553 g/mol. The summed E-state index contributed by atoms with van der Waals surface area (Å²) in [5.41, 5.74) is 3.87. The smallest absolute Gasteiger partial charge is 0.258 e. The van der Waals surface area contributed by atoms with Gasteiger partial charge < -0.3 is 29.6 Å². The van der Waals surface area contributed by atoms with Crippen molar-refractivity contribution < 1.29 is 32.9 Å². The number of nitrogens with one attached hydrogen (secondary N) is 2. The molecular formula is C33H36FN3O6. The summed E-state index contributed by atoms with van der Waals surface area (Å²) in [5.74, 6) is 1.33. The van der Waals surface area contributed by atoms with Crippen LogP contribution in [0.25, 0.3) is 0 Å². The molecule has 43 heavy (non-hydrogen) atoms. The summed E-state index contributed by atoms with van der Waals surface area (Å²) in [5, 5.41) is 5.98. The lowest BCUT2D eigenvalue weighted by Gasteiger charge is -2.39. The molecule has 3 aliphatic rings. The number of ether oxygens (including phenoxy) is 4. The molecule has 2 N–H and O–H groups in total. The van der Waals surface area contributed by atoms with Crippen molar-refractivity contribution in [2.75, 3.05) is 33.4 Å². The highest BCUT2D eigenvalue weighted by atomic mass is 19.1. The van der Waals surface area contributed by atoms with E-state index in [0.29, 0.717) is 48.8 Å². The minimum atomic E-state index is -0.450. The number of rotatable bonds is 3. The van der Waals surface area contributed by atoms with Crippen LogP contribution < -0.4 is 29.6 Å². The van der Waals surface area contributed by atoms with Crippen molar-refractivity contribution in [1.29, 1.82) is 0 Å². The fourth-order valence-electron chi connectivity index (χ4n) is 5.91. The maximum atomic E-state index is 14.6. The summed E-state index contributed by atoms with van der Waals surface area (Å²) >= 11 is 0. The van der Waals surface area contributed by atoms with Crippen molar-refractivity contribution in [1.82, 2.24) is 15.5 Å². The van der Waals surface area contributed by atoms with Gasteiger partial charge in [-0.1, -0.05) is 18.2 Å². The molecule has 2 amide bonds. The van der Waals surface area contributed by atoms with Crippen LogP contribution in [0.15, 0.2) is 54.6 Å². The summed E-state index contributed by atoms with van der Waals surface area (Å²) in [7, 11) is 1.54. The van der Waals surface area contributed by atoms with Gasteiger partial charge in [0, 0.05) is 45.1 Å². The molecule has 1 saturated heterocycles. The molecule has 10 heteroatoms. The molecule has 4 bridgehead atoms. The second-order valence-corrected chi connectivity index (χ2v) is 11.2. The molecule has 2 atom stereocenters. The van der Waals surface area contributed by atoms with E-state index in [2.05, 4.69) is 27.7 Å². The normalized spacial score (nSPS) is 21.0. The van der Waals surface area contributed by atoms with E-state index in [1.807, 2.05) is 12.1 Å². The fraction of sp³-hybridized carbons (Fsp3) is 0.394. The zero-order valence-corrected chi connectivity index (χ0v) is 24.2. The molecule has 3 aromatic carbocycles. The predicted molar refractivity (Wildman–Crippen MR) is 157 cm³/mol. The molecule has 0 unspecified atom stereocenters. The van der Waals surface area contributed by atoms with Gasteiger partial charge in [-0.3, -0.25) is 14.5 Å². The highest BCUT2D eigenvalue weighted by Crippen LogP contribution is 2.30. The van der Waals surface area contributed by atoms with E-state index in [0.717, 1.165) is 30.8 Å². The Balaban J connectivity index is 1.23. The van der Waals surface area contributed by atoms with Gasteiger partial charge in [0.05, 0.1) is 19.8 Å². The molecule has 1 fully saturated rings. The van der Waals surface area contributed by atoms with E-state index in [-0.39, 0.29) is 37.4 Å². The standard InChI is InChI=1S/C33H36FN3O6/c1-40-30-6-2-21-4-7-32(38)35-17-23-13-25(34)16-26(14-23)43-29-8-10-37(18-22-3-5-28-24(12-22)9-11-41-28)19-27(29)36-33(39)20-42-31(30)15-21/h2-3,5-6,12-16,27,29H,4,7-11,17-20H2,1H3,(H,35,38)(H,36,39)/t27-,29-/m1/s1. The van der Waals surface area contributed by atoms with Gasteiger partial charge in [-0.05, 0) is 65.4 Å². The summed E-state index contributed by atoms with van der Waals surface area (Å²) in [6, 6.07) is 15.8. The lowest BCUT2D eigenvalue weighted by Crippen LogP contribution is -2.57. The highest BCUT2D eigenvalue weighted by molar-refractivity contribution is 5.78. The summed E-state index contributed by atoms with van der Waals surface area (Å²) < 4.78 is 37.9. The van der Waals surface area contributed by atoms with Gasteiger partial charge in [-0.25, -0.2) is 4.39 Å². The number of carbonyl (C=O) groups excluding carboxylic acids is 2. The lowest BCUT2D eigenvalue weighted by atomic mass is 10.00. The van der Waals surface area contributed by atoms with E-state index < -0.39 is 11.9 Å². The van der Waals surface area contributed by atoms with Crippen LogP contribution in [0.1, 0.15) is 35.1 Å². The molecule has 0 aromatic heterocycles. The third-order valence-corrected chi connectivity index (χ3v) is 8.08. The Morgan fingerprint density at radius 3 is 2.74 bits per heavy atom. The zero-order valence-electron chi connectivity index (χ0n) is 24.2. The van der Waals surface area contributed by atoms with Crippen molar-refractivity contribution in [2.45, 2.75) is 50.9 Å². The molecule has 3 aromatic rings. The summed E-state index contributed by atoms with van der Waals surface area (Å²) in [4.78, 5) is 28.1. The predicted octanol–water partition coefficient (Wildman–Crippen LogP) is 3.55. The number of benzene rings is 3. The van der Waals surface area contributed by atoms with Gasteiger partial charge in [-0.15, -0.1) is 0 Å². The third kappa shape index (κ3) is 7.19. The van der Waals surface area contributed by atoms with E-state index in [1.54, 1.807) is 18.2 Å². The van der Waals surface area contributed by atoms with Gasteiger partial charge in [0.25, 0.3) is 5.91 Å². The molecule has 0 radical (unpaired) electrons. The Morgan fingerprint density at radius 2 is 1.86 bits per heavy atom. The van der Waals surface area contributed by atoms with Gasteiger partial charge in [0.2, 0.25) is 5.91 Å². The Hall–Kier alpha value is -4.31. The molecule has 0 saturated carbocycles. The first-order valence-corrected chi connectivity index (χ1v) is 14.7. The second kappa shape index (κ2) is 12.9. The van der Waals surface area contributed by atoms with Gasteiger partial charge >= 0.3 is 0 Å². The molecule has 6 rings (SSSR count). The zero-order chi connectivity index (χ0) is 29.8. The Kier molecular flexibility index (Phi) is 8.64. The van der Waals surface area contributed by atoms with Gasteiger partial charge in [0.15, 0.2) is 18.1 Å². The Bertz CT molecular complexity index is 1500. The Labute approximate surface area is 250 Å². The SMILES string of the molecule is COc1ccc2cc1OCC(=O)N[C@@H]1CN(Cc3ccc4c(c3)CCO4)CC[C@H]1Oc1cc(F)cc(c1)CNC(=O)CC2. The highest BCUT2D eigenvalue weighted by Gasteiger charge is 2.33. The molecule has 0 aliphatic carbocycles. The number of nitrogens with zero attached hydrogens (tertiary/aromatic N) is 1. The van der Waals surface area contributed by atoms with Crippen LogP contribution in [0.5, 0.6) is 23.0 Å². The van der Waals surface area contributed by atoms with Gasteiger partial charge in [0.1, 0.15) is 23.4 Å². The molecule has 0 spiro atoms. The molecule has 3 heterocycles. The van der Waals surface area contributed by atoms with Crippen LogP contribution in [0.4, 0.5) is 4.39 Å². The summed E-state index contributed by atoms with van der Waals surface area (Å²) in [6.45, 7) is 2.66. The topological polar surface area (TPSA) is 98.4 Å². The maximum Gasteiger partial charge on any atom is 0.258 e. The molecule has 226 valence electrons. The minimum Gasteiger partial charge on any atom is -0.493 e. The monoisotopic (exact) mass is 589 g/mol. The largest absolute Gasteiger partial charge is 0.493 e. The number of methoxy groups -OCH3 is 1. The number of carbonyl (C=O) groups is 2. The van der Waals surface area contributed by atoms with Crippen LogP contribution in [-0.4, -0.2) is 62.3 Å². The van der Waals surface area contributed by atoms with Crippen molar-refractivity contribution in [3.05, 3.63) is 82.7 Å². The lowest BCUT2D eigenvalue weighted by molar-refractivity contribution is -0.125. The van der Waals surface area contributed by atoms with Crippen LogP contribution in [-0.2, 0) is 35.5 Å². The van der Waals surface area contributed by atoms with Gasteiger partial charge in [-0.2, -0.15) is 0 Å². The number of likely N-dealkylation sites (tertiary alicyclic amines) is 1. The number of hydrogen-bond acceptors (Lipinski definition) is 7. The van der Waals surface area contributed by atoms with Crippen LogP contribution in [0, 0.1) is 5.82 Å². The number of piperidine rings is 1. The minimum absolute atomic E-state index is 0.158. The van der Waals surface area contributed by atoms with E-state index in [4.69, 9.17) is 18.9 Å². The average Bonchev–Trinajstić information content (AvgIpc) is 3.47. The summed E-state index contributed by atoms with van der Waals surface area (Å²) in [6.07, 6.45) is 1.84. The molecule has 3 aliphatic heterocycles. The van der Waals surface area contributed by atoms with E-state index in [9.17, 15) is 14.0 Å². The van der Waals surface area contributed by atoms with Crippen molar-refractivity contribution in [3.63, 3.8) is 0 Å². The second-order valence-electron chi connectivity index (χ2n) is 11.2. The number of amides is 2. The number of hydrogen-bond donors (Lipinski definition) is 2. The number of aryl methyl sites for hydroxylation is 1. The third-order valence-electron chi connectivity index (χ3n) is 8.08. The average molecular weight is 590 g/mol. The van der Waals surface area contributed by atoms with E-state index in [1.165, 1.54) is 30.4 Å². The van der Waals surface area contributed by atoms with Crippen molar-refractivity contribution in [2.24, 2.45) is 0 Å². The first kappa shape index (κ1) is 28.8. The van der Waals surface area contributed by atoms with Crippen LogP contribution in [0.3, 0.4) is 0 Å². The number of halogens is 1. The van der Waals surface area contributed by atoms with Crippen LogP contribution >= 0.6 is 0 Å². The van der Waals surface area contributed by atoms with Crippen molar-refractivity contribution in [3.8, 4) is 23.0 Å². The fourth-order valence-corrected chi connectivity index (χ4v) is 5.91. The van der Waals surface area contributed by atoms with Crippen LogP contribution in [0.2, 0.25) is 0 Å². The first-order valence-electron chi connectivity index (χ1n) is 14.7. The molecule has 9 nitrogen and oxygen atoms in total. The number of fused-ring (bicyclic) bond motifs is 6. The Morgan fingerprint density at radius 1 is 0.953 bits per heavy atom.